The van der Waals surface area contributed by atoms with Crippen molar-refractivity contribution >= 4 is 6.09 Å². The van der Waals surface area contributed by atoms with E-state index >= 15 is 0 Å². The van der Waals surface area contributed by atoms with Crippen LogP contribution in [-0.2, 0) is 4.74 Å². The van der Waals surface area contributed by atoms with Gasteiger partial charge < -0.3 is 14.7 Å². The Labute approximate surface area is 170 Å². The van der Waals surface area contributed by atoms with Crippen LogP contribution >= 0.6 is 0 Å². The third-order valence-corrected chi connectivity index (χ3v) is 4.04. The van der Waals surface area contributed by atoms with E-state index in [2.05, 4.69) is 6.58 Å². The van der Waals surface area contributed by atoms with Crippen LogP contribution in [0.1, 0.15) is 20.3 Å². The minimum Gasteiger partial charge on any atom is -0.445 e. The molecular formula is C23H36N2O3. The average Bonchev–Trinajstić information content (AvgIpc) is 2.68. The number of amides is 1. The predicted molar refractivity (Wildman–Crippen MR) is 118 cm³/mol. The lowest BCUT2D eigenvalue weighted by Crippen LogP contribution is -2.41. The van der Waals surface area contributed by atoms with E-state index in [-0.39, 0.29) is 25.3 Å². The fourth-order valence-electron chi connectivity index (χ4n) is 2.40. The maximum atomic E-state index is 12.1. The van der Waals surface area contributed by atoms with E-state index in [0.717, 1.165) is 12.0 Å². The van der Waals surface area contributed by atoms with Crippen LogP contribution in [0, 0.1) is 0 Å². The van der Waals surface area contributed by atoms with Gasteiger partial charge in [0.25, 0.3) is 0 Å². The summed E-state index contributed by atoms with van der Waals surface area (Å²) in [5.74, 6) is 0. The lowest BCUT2D eigenvalue weighted by Gasteiger charge is -2.29. The summed E-state index contributed by atoms with van der Waals surface area (Å²) in [7, 11) is 3.63. The molecule has 1 amide bonds. The van der Waals surface area contributed by atoms with Gasteiger partial charge in [0.2, 0.25) is 0 Å². The molecule has 0 aliphatic carbocycles. The molecule has 5 nitrogen and oxygen atoms in total. The first-order chi connectivity index (χ1) is 13.5. The molecule has 0 spiro atoms. The van der Waals surface area contributed by atoms with Crippen LogP contribution in [0.3, 0.4) is 0 Å². The molecule has 0 bridgehead atoms. The molecule has 0 saturated carbocycles. The van der Waals surface area contributed by atoms with Crippen LogP contribution in [0.4, 0.5) is 4.79 Å². The maximum absolute atomic E-state index is 12.1. The predicted octanol–water partition coefficient (Wildman–Crippen LogP) is 4.11. The topological polar surface area (TPSA) is 53.0 Å². The highest BCUT2D eigenvalue weighted by Crippen LogP contribution is 2.11. The molecule has 0 fully saturated rings. The second-order valence-electron chi connectivity index (χ2n) is 6.24. The van der Waals surface area contributed by atoms with Gasteiger partial charge in [-0.1, -0.05) is 67.3 Å². The first-order valence-electron chi connectivity index (χ1n) is 9.58. The minimum absolute atomic E-state index is 0.0119. The maximum Gasteiger partial charge on any atom is 0.409 e. The average molecular weight is 389 g/mol. The molecule has 5 heteroatoms. The van der Waals surface area contributed by atoms with Gasteiger partial charge in [-0.3, -0.25) is 4.90 Å². The molecule has 0 heterocycles. The number of likely N-dealkylation sites (N-methyl/N-ethyl adjacent to an activating group) is 2. The van der Waals surface area contributed by atoms with Crippen molar-refractivity contribution < 1.29 is 14.6 Å². The van der Waals surface area contributed by atoms with Crippen molar-refractivity contribution in [3.8, 4) is 0 Å². The molecule has 1 N–H and O–H groups in total. The summed E-state index contributed by atoms with van der Waals surface area (Å²) >= 11 is 0. The van der Waals surface area contributed by atoms with Gasteiger partial charge in [-0.25, -0.2) is 4.79 Å². The Hall–Kier alpha value is -2.37. The highest BCUT2D eigenvalue weighted by molar-refractivity contribution is 5.67. The van der Waals surface area contributed by atoms with Crippen molar-refractivity contribution in [3.63, 3.8) is 0 Å². The van der Waals surface area contributed by atoms with Crippen molar-refractivity contribution in [2.75, 3.05) is 40.4 Å². The van der Waals surface area contributed by atoms with Gasteiger partial charge in [0.15, 0.2) is 0 Å². The molecule has 0 aliphatic heterocycles. The number of nitrogens with zero attached hydrogens (tertiary/aromatic N) is 2. The number of aliphatic hydroxyl groups is 1. The van der Waals surface area contributed by atoms with Crippen LogP contribution < -0.4 is 0 Å². The highest BCUT2D eigenvalue weighted by Gasteiger charge is 2.18. The summed E-state index contributed by atoms with van der Waals surface area (Å²) in [6.07, 6.45) is 19.7. The summed E-state index contributed by atoms with van der Waals surface area (Å²) in [5.41, 5.74) is 0.973. The van der Waals surface area contributed by atoms with E-state index in [1.54, 1.807) is 13.1 Å². The fourth-order valence-corrected chi connectivity index (χ4v) is 2.40. The first-order valence-corrected chi connectivity index (χ1v) is 9.58. The second kappa shape index (κ2) is 16.8. The first kappa shape index (κ1) is 25.6. The molecule has 0 aromatic heterocycles. The number of aliphatic hydroxyl groups excluding tert-OH is 1. The Bertz CT molecular complexity index is 589. The van der Waals surface area contributed by atoms with Gasteiger partial charge in [0.05, 0.1) is 12.6 Å². The Balaban J connectivity index is 4.40. The third-order valence-electron chi connectivity index (χ3n) is 4.04. The zero-order valence-electron chi connectivity index (χ0n) is 17.8. The van der Waals surface area contributed by atoms with E-state index in [1.807, 2.05) is 80.5 Å². The van der Waals surface area contributed by atoms with Crippen LogP contribution in [0.15, 0.2) is 72.9 Å². The summed E-state index contributed by atoms with van der Waals surface area (Å²) in [4.78, 5) is 15.6. The number of allylic oxidation sites excluding steroid dienone is 8. The van der Waals surface area contributed by atoms with Crippen molar-refractivity contribution in [1.29, 1.82) is 0 Å². The number of hydrogen-bond acceptors (Lipinski definition) is 4. The van der Waals surface area contributed by atoms with Gasteiger partial charge in [-0.2, -0.15) is 0 Å². The largest absolute Gasteiger partial charge is 0.445 e. The van der Waals surface area contributed by atoms with Crippen LogP contribution in [-0.4, -0.2) is 67.4 Å². The second-order valence-corrected chi connectivity index (χ2v) is 6.24. The van der Waals surface area contributed by atoms with Crippen LogP contribution in [0.5, 0.6) is 0 Å². The molecule has 0 aromatic rings. The molecule has 0 radical (unpaired) electrons. The SMILES string of the molecule is C=C/C=C(\C=C/C)C(CO)N(C)CCN(C)C(=O)OC/C=C/CC=C/C=C\C. The van der Waals surface area contributed by atoms with Crippen molar-refractivity contribution in [2.45, 2.75) is 26.3 Å². The third kappa shape index (κ3) is 11.4. The van der Waals surface area contributed by atoms with Gasteiger partial charge in [-0.05, 0) is 32.9 Å². The molecule has 0 aliphatic rings. The van der Waals surface area contributed by atoms with E-state index < -0.39 is 0 Å². The smallest absolute Gasteiger partial charge is 0.409 e. The zero-order chi connectivity index (χ0) is 21.2. The van der Waals surface area contributed by atoms with E-state index in [0.29, 0.717) is 13.1 Å². The summed E-state index contributed by atoms with van der Waals surface area (Å²) in [6, 6.07) is -0.155. The van der Waals surface area contributed by atoms with Crippen molar-refractivity contribution in [1.82, 2.24) is 9.80 Å². The van der Waals surface area contributed by atoms with Crippen LogP contribution in [0.2, 0.25) is 0 Å². The Morgan fingerprint density at radius 2 is 1.86 bits per heavy atom. The number of carbonyl (C=O) groups excluding carboxylic acids is 1. The Morgan fingerprint density at radius 3 is 2.46 bits per heavy atom. The lowest BCUT2D eigenvalue weighted by molar-refractivity contribution is 0.112. The molecule has 0 saturated heterocycles. The monoisotopic (exact) mass is 388 g/mol. The van der Waals surface area contributed by atoms with Crippen LogP contribution in [0.25, 0.3) is 0 Å². The minimum atomic E-state index is -0.363. The summed E-state index contributed by atoms with van der Waals surface area (Å²) in [6.45, 7) is 8.97. The van der Waals surface area contributed by atoms with Gasteiger partial charge in [0.1, 0.15) is 6.61 Å². The van der Waals surface area contributed by atoms with E-state index in [9.17, 15) is 9.90 Å². The molecule has 28 heavy (non-hydrogen) atoms. The van der Waals surface area contributed by atoms with Gasteiger partial charge in [0, 0.05) is 20.1 Å². The standard InChI is InChI=1S/C23H36N2O3/c1-6-9-10-11-12-13-14-19-28-23(27)25(5)18-17-24(4)22(20-26)21(15-7-2)16-8-3/h6-11,13-16,22,26H,2,12,17-20H2,1,3-5H3/b9-6-,11-10?,14-13+,16-8-,21-15+. The Morgan fingerprint density at radius 1 is 1.11 bits per heavy atom. The lowest BCUT2D eigenvalue weighted by atomic mass is 10.1. The quantitative estimate of drug-likeness (QED) is 0.381. The molecule has 0 rings (SSSR count). The number of carbonyl (C=O) groups is 1. The molecular weight excluding hydrogens is 352 g/mol. The van der Waals surface area contributed by atoms with Gasteiger partial charge in [-0.15, -0.1) is 0 Å². The van der Waals surface area contributed by atoms with Crippen molar-refractivity contribution in [3.05, 3.63) is 72.9 Å². The molecule has 1 unspecified atom stereocenters. The normalized spacial score (nSPS) is 14.0. The van der Waals surface area contributed by atoms with Crippen molar-refractivity contribution in [2.24, 2.45) is 0 Å². The van der Waals surface area contributed by atoms with Gasteiger partial charge >= 0.3 is 6.09 Å². The van der Waals surface area contributed by atoms with E-state index in [1.165, 1.54) is 4.90 Å². The number of rotatable bonds is 13. The summed E-state index contributed by atoms with van der Waals surface area (Å²) in [5, 5.41) is 9.76. The highest BCUT2D eigenvalue weighted by atomic mass is 16.6. The molecule has 156 valence electrons. The van der Waals surface area contributed by atoms with E-state index in [4.69, 9.17) is 4.74 Å². The zero-order valence-corrected chi connectivity index (χ0v) is 17.8. The Kier molecular flexibility index (Phi) is 15.4. The molecule has 1 atom stereocenters. The number of hydrogen-bond donors (Lipinski definition) is 1. The number of ether oxygens (including phenoxy) is 1. The summed E-state index contributed by atoms with van der Waals surface area (Å²) < 4.78 is 5.23. The molecule has 0 aromatic carbocycles. The fraction of sp³-hybridized carbons (Fsp3) is 0.435.